The number of carbonyl (C=O) groups excluding carboxylic acids is 1. The Hall–Kier alpha value is -3.22. The summed E-state index contributed by atoms with van der Waals surface area (Å²) in [5, 5.41) is 11.3. The zero-order chi connectivity index (χ0) is 19.5. The maximum atomic E-state index is 11.9. The maximum absolute atomic E-state index is 11.9. The zero-order valence-electron chi connectivity index (χ0n) is 16.0. The van der Waals surface area contributed by atoms with Gasteiger partial charge in [0.25, 0.3) is 0 Å². The van der Waals surface area contributed by atoms with Crippen molar-refractivity contribution in [3.8, 4) is 22.8 Å². The van der Waals surface area contributed by atoms with Crippen LogP contribution >= 0.6 is 0 Å². The van der Waals surface area contributed by atoms with Gasteiger partial charge in [0, 0.05) is 17.5 Å². The molecule has 1 aromatic heterocycles. The Morgan fingerprint density at radius 2 is 2.04 bits per heavy atom. The van der Waals surface area contributed by atoms with E-state index in [4.69, 9.17) is 14.2 Å². The van der Waals surface area contributed by atoms with E-state index in [1.807, 2.05) is 50.2 Å². The van der Waals surface area contributed by atoms with E-state index >= 15 is 0 Å². The van der Waals surface area contributed by atoms with Crippen molar-refractivity contribution in [1.29, 1.82) is 0 Å². The molecule has 7 heteroatoms. The van der Waals surface area contributed by atoms with Crippen molar-refractivity contribution in [2.24, 2.45) is 0 Å². The number of aromatic nitrogens is 2. The Balaban J connectivity index is 1.81. The van der Waals surface area contributed by atoms with Gasteiger partial charge in [0.1, 0.15) is 23.8 Å². The number of amides is 1. The summed E-state index contributed by atoms with van der Waals surface area (Å²) in [6, 6.07) is 11.7. The Kier molecular flexibility index (Phi) is 5.06. The molecule has 1 aliphatic rings. The lowest BCUT2D eigenvalue weighted by Crippen LogP contribution is -2.26. The van der Waals surface area contributed by atoms with Gasteiger partial charge in [0.15, 0.2) is 0 Å². The summed E-state index contributed by atoms with van der Waals surface area (Å²) in [6.45, 7) is 5.08. The molecule has 4 rings (SSSR count). The number of rotatable bonds is 2. The summed E-state index contributed by atoms with van der Waals surface area (Å²) in [5.74, 6) is 1.47. The number of carbonyl (C=O) groups is 1. The second-order valence-electron chi connectivity index (χ2n) is 7.02. The molecule has 0 aliphatic carbocycles. The van der Waals surface area contributed by atoms with Gasteiger partial charge in [-0.2, -0.15) is 5.10 Å². The first-order valence-corrected chi connectivity index (χ1v) is 9.41. The van der Waals surface area contributed by atoms with E-state index in [0.717, 1.165) is 33.5 Å². The first kappa shape index (κ1) is 18.2. The largest absolute Gasteiger partial charge is 0.494 e. The van der Waals surface area contributed by atoms with Crippen LogP contribution in [0.5, 0.6) is 11.5 Å². The molecular weight excluding hydrogens is 358 g/mol. The fourth-order valence-electron chi connectivity index (χ4n) is 3.18. The molecule has 4 bridgehead atoms. The van der Waals surface area contributed by atoms with Crippen LogP contribution in [0.2, 0.25) is 0 Å². The number of cyclic esters (lactones) is 1. The number of fused-ring (bicyclic) bond motifs is 4. The van der Waals surface area contributed by atoms with E-state index < -0.39 is 6.09 Å². The molecule has 1 amide bonds. The average molecular weight is 381 g/mol. The van der Waals surface area contributed by atoms with Gasteiger partial charge in [-0.1, -0.05) is 0 Å². The quantitative estimate of drug-likeness (QED) is 0.700. The Labute approximate surface area is 163 Å². The van der Waals surface area contributed by atoms with Crippen molar-refractivity contribution in [2.75, 3.05) is 13.2 Å². The molecule has 0 saturated carbocycles. The van der Waals surface area contributed by atoms with Crippen LogP contribution in [0.25, 0.3) is 22.2 Å². The predicted molar refractivity (Wildman–Crippen MR) is 106 cm³/mol. The fourth-order valence-corrected chi connectivity index (χ4v) is 3.18. The van der Waals surface area contributed by atoms with Gasteiger partial charge in [-0.15, -0.1) is 0 Å². The minimum atomic E-state index is -0.450. The molecule has 0 atom stereocenters. The van der Waals surface area contributed by atoms with E-state index in [0.29, 0.717) is 25.3 Å². The number of ether oxygens (including phenoxy) is 3. The molecule has 1 aliphatic heterocycles. The van der Waals surface area contributed by atoms with Crippen LogP contribution in [0.1, 0.15) is 25.8 Å². The number of alkyl carbamates (subject to hydrolysis) is 1. The minimum absolute atomic E-state index is 0.0253. The van der Waals surface area contributed by atoms with Gasteiger partial charge in [-0.05, 0) is 62.2 Å². The van der Waals surface area contributed by atoms with Crippen LogP contribution in [-0.2, 0) is 11.3 Å². The standard InChI is InChI=1S/C21H23N3O4/c1-13(2)28-17-9-14-8-15(10-17)20-18-11-16(4-5-19(18)23-24-20)26-7-3-6-22-21(25)27-12-14/h4-5,8-11,13H,3,6-7,12H2,1-2H3,(H,22,25)(H,23,24). The smallest absolute Gasteiger partial charge is 0.407 e. The van der Waals surface area contributed by atoms with Crippen LogP contribution in [0.3, 0.4) is 0 Å². The molecule has 0 fully saturated rings. The van der Waals surface area contributed by atoms with Crippen LogP contribution < -0.4 is 14.8 Å². The van der Waals surface area contributed by atoms with Crippen molar-refractivity contribution in [3.05, 3.63) is 42.0 Å². The second kappa shape index (κ2) is 7.80. The average Bonchev–Trinajstić information content (AvgIpc) is 3.08. The lowest BCUT2D eigenvalue weighted by atomic mass is 10.0. The van der Waals surface area contributed by atoms with E-state index in [1.165, 1.54) is 0 Å². The van der Waals surface area contributed by atoms with Gasteiger partial charge >= 0.3 is 6.09 Å². The first-order chi connectivity index (χ1) is 13.6. The monoisotopic (exact) mass is 381 g/mol. The Morgan fingerprint density at radius 3 is 2.89 bits per heavy atom. The van der Waals surface area contributed by atoms with Crippen LogP contribution in [0.4, 0.5) is 4.79 Å². The molecule has 0 spiro atoms. The number of hydrogen-bond acceptors (Lipinski definition) is 5. The minimum Gasteiger partial charge on any atom is -0.494 e. The van der Waals surface area contributed by atoms with E-state index in [-0.39, 0.29) is 12.7 Å². The molecule has 2 heterocycles. The van der Waals surface area contributed by atoms with E-state index in [9.17, 15) is 4.79 Å². The highest BCUT2D eigenvalue weighted by molar-refractivity contribution is 5.94. The third kappa shape index (κ3) is 4.03. The van der Waals surface area contributed by atoms with Crippen molar-refractivity contribution in [2.45, 2.75) is 33.0 Å². The van der Waals surface area contributed by atoms with Gasteiger partial charge < -0.3 is 19.5 Å². The lowest BCUT2D eigenvalue weighted by molar-refractivity contribution is 0.138. The molecule has 3 aromatic rings. The molecule has 2 N–H and O–H groups in total. The molecule has 146 valence electrons. The van der Waals surface area contributed by atoms with E-state index in [2.05, 4.69) is 15.5 Å². The summed E-state index contributed by atoms with van der Waals surface area (Å²) < 4.78 is 17.1. The highest BCUT2D eigenvalue weighted by Gasteiger charge is 2.14. The molecule has 0 radical (unpaired) electrons. The SMILES string of the molecule is CC(C)Oc1cc2cc(c1)-c1n[nH]c3ccc(cc13)OCCCNC(=O)OC2. The highest BCUT2D eigenvalue weighted by Crippen LogP contribution is 2.32. The Morgan fingerprint density at radius 1 is 1.14 bits per heavy atom. The fraction of sp³-hybridized carbons (Fsp3) is 0.333. The third-order valence-electron chi connectivity index (χ3n) is 4.37. The first-order valence-electron chi connectivity index (χ1n) is 9.41. The summed E-state index contributed by atoms with van der Waals surface area (Å²) in [7, 11) is 0. The highest BCUT2D eigenvalue weighted by atomic mass is 16.5. The predicted octanol–water partition coefficient (Wildman–Crippen LogP) is 4.03. The summed E-state index contributed by atoms with van der Waals surface area (Å²) in [4.78, 5) is 11.9. The molecule has 0 saturated heterocycles. The van der Waals surface area contributed by atoms with Crippen molar-refractivity contribution < 1.29 is 19.0 Å². The van der Waals surface area contributed by atoms with Crippen molar-refractivity contribution in [3.63, 3.8) is 0 Å². The number of hydrogen-bond donors (Lipinski definition) is 2. The normalized spacial score (nSPS) is 14.8. The summed E-state index contributed by atoms with van der Waals surface area (Å²) in [5.41, 5.74) is 3.45. The van der Waals surface area contributed by atoms with Gasteiger partial charge in [0.05, 0.1) is 18.2 Å². The maximum Gasteiger partial charge on any atom is 0.407 e. The summed E-state index contributed by atoms with van der Waals surface area (Å²) in [6.07, 6.45) is 0.262. The number of aromatic amines is 1. The molecular formula is C21H23N3O4. The van der Waals surface area contributed by atoms with Gasteiger partial charge in [-0.3, -0.25) is 5.10 Å². The van der Waals surface area contributed by atoms with Crippen LogP contribution in [-0.4, -0.2) is 35.5 Å². The number of nitrogens with one attached hydrogen (secondary N) is 2. The van der Waals surface area contributed by atoms with Gasteiger partial charge in [0.2, 0.25) is 0 Å². The van der Waals surface area contributed by atoms with Crippen LogP contribution in [0, 0.1) is 0 Å². The second-order valence-corrected chi connectivity index (χ2v) is 7.02. The van der Waals surface area contributed by atoms with Gasteiger partial charge in [-0.25, -0.2) is 4.79 Å². The van der Waals surface area contributed by atoms with Crippen molar-refractivity contribution >= 4 is 17.0 Å². The molecule has 7 nitrogen and oxygen atoms in total. The third-order valence-corrected chi connectivity index (χ3v) is 4.37. The lowest BCUT2D eigenvalue weighted by Gasteiger charge is -2.13. The number of benzene rings is 2. The van der Waals surface area contributed by atoms with Crippen molar-refractivity contribution in [1.82, 2.24) is 15.5 Å². The zero-order valence-corrected chi connectivity index (χ0v) is 16.0. The summed E-state index contributed by atoms with van der Waals surface area (Å²) >= 11 is 0. The van der Waals surface area contributed by atoms with Crippen LogP contribution in [0.15, 0.2) is 36.4 Å². The number of H-pyrrole nitrogens is 1. The molecule has 28 heavy (non-hydrogen) atoms. The topological polar surface area (TPSA) is 85.5 Å². The molecule has 2 aromatic carbocycles. The van der Waals surface area contributed by atoms with E-state index in [1.54, 1.807) is 0 Å². The molecule has 0 unspecified atom stereocenters. The number of nitrogens with zero attached hydrogens (tertiary/aromatic N) is 1. The Bertz CT molecular complexity index is 996.